The van der Waals surface area contributed by atoms with Gasteiger partial charge in [-0.25, -0.2) is 0 Å². The highest BCUT2D eigenvalue weighted by molar-refractivity contribution is 5.80. The van der Waals surface area contributed by atoms with Crippen LogP contribution in [0.5, 0.6) is 0 Å². The van der Waals surface area contributed by atoms with Crippen molar-refractivity contribution in [2.75, 3.05) is 13.2 Å². The number of carbonyl (C=O) groups excluding carboxylic acids is 1. The smallest absolute Gasteiger partial charge is 0.249 e. The van der Waals surface area contributed by atoms with Gasteiger partial charge in [0.15, 0.2) is 6.29 Å². The van der Waals surface area contributed by atoms with Gasteiger partial charge in [-0.1, -0.05) is 192 Å². The number of hydrogen-bond acceptors (Lipinski definition) is 9. The van der Waals surface area contributed by atoms with Gasteiger partial charge in [0.05, 0.1) is 25.4 Å². The number of hydrogen-bond donors (Lipinski definition) is 7. The molecule has 10 heteroatoms. The van der Waals surface area contributed by atoms with Crippen LogP contribution >= 0.6 is 0 Å². The maximum absolute atomic E-state index is 13.0. The van der Waals surface area contributed by atoms with E-state index in [1.807, 2.05) is 12.2 Å². The van der Waals surface area contributed by atoms with E-state index < -0.39 is 61.5 Å². The van der Waals surface area contributed by atoms with E-state index in [9.17, 15) is 35.4 Å². The van der Waals surface area contributed by atoms with E-state index in [4.69, 9.17) is 9.47 Å². The molecule has 1 fully saturated rings. The summed E-state index contributed by atoms with van der Waals surface area (Å²) in [6.45, 7) is 3.51. The van der Waals surface area contributed by atoms with Gasteiger partial charge in [0.25, 0.3) is 0 Å². The molecule has 0 spiro atoms. The number of amides is 1. The Morgan fingerprint density at radius 2 is 1.13 bits per heavy atom. The molecular formula is C44H81NO9. The van der Waals surface area contributed by atoms with E-state index in [0.29, 0.717) is 12.8 Å². The van der Waals surface area contributed by atoms with Crippen molar-refractivity contribution < 1.29 is 44.9 Å². The second-order valence-corrected chi connectivity index (χ2v) is 15.4. The Kier molecular flexibility index (Phi) is 32.3. The molecule has 0 aromatic carbocycles. The molecule has 1 rings (SSSR count). The van der Waals surface area contributed by atoms with Gasteiger partial charge in [-0.3, -0.25) is 4.79 Å². The second-order valence-electron chi connectivity index (χ2n) is 15.4. The number of carbonyl (C=O) groups is 1. The van der Waals surface area contributed by atoms with Crippen LogP contribution in [0.3, 0.4) is 0 Å². The summed E-state index contributed by atoms with van der Waals surface area (Å²) in [6, 6.07) is -1.02. The molecule has 7 N–H and O–H groups in total. The quantitative estimate of drug-likeness (QED) is 0.0256. The molecule has 10 nitrogen and oxygen atoms in total. The first-order valence-electron chi connectivity index (χ1n) is 21.8. The summed E-state index contributed by atoms with van der Waals surface area (Å²) in [5.74, 6) is -0.644. The molecule has 1 amide bonds. The lowest BCUT2D eigenvalue weighted by Crippen LogP contribution is -2.60. The minimum atomic E-state index is -1.62. The molecular weight excluding hydrogens is 686 g/mol. The van der Waals surface area contributed by atoms with Crippen molar-refractivity contribution in [1.29, 1.82) is 0 Å². The minimum absolute atomic E-state index is 0.296. The van der Waals surface area contributed by atoms with E-state index >= 15 is 0 Å². The van der Waals surface area contributed by atoms with Gasteiger partial charge < -0.3 is 45.4 Å². The molecule has 0 aliphatic carbocycles. The fourth-order valence-corrected chi connectivity index (χ4v) is 6.76. The Bertz CT molecular complexity index is 958. The highest BCUT2D eigenvalue weighted by atomic mass is 16.7. The molecule has 0 aromatic heterocycles. The summed E-state index contributed by atoms with van der Waals surface area (Å²) in [6.07, 6.45) is 31.1. The van der Waals surface area contributed by atoms with Gasteiger partial charge >= 0.3 is 0 Å². The van der Waals surface area contributed by atoms with Crippen molar-refractivity contribution in [2.45, 2.75) is 223 Å². The van der Waals surface area contributed by atoms with Gasteiger partial charge in [-0.2, -0.15) is 0 Å². The Morgan fingerprint density at radius 3 is 1.65 bits per heavy atom. The van der Waals surface area contributed by atoms with Crippen LogP contribution in [0.15, 0.2) is 36.5 Å². The first-order chi connectivity index (χ1) is 26.3. The third-order valence-electron chi connectivity index (χ3n) is 10.4. The van der Waals surface area contributed by atoms with E-state index in [1.165, 1.54) is 122 Å². The minimum Gasteiger partial charge on any atom is -0.394 e. The highest BCUT2D eigenvalue weighted by Crippen LogP contribution is 2.22. The summed E-state index contributed by atoms with van der Waals surface area (Å²) in [7, 11) is 0. The summed E-state index contributed by atoms with van der Waals surface area (Å²) < 4.78 is 11.1. The van der Waals surface area contributed by atoms with Crippen LogP contribution in [0.25, 0.3) is 0 Å². The number of unbranched alkanes of at least 4 members (excludes halogenated alkanes) is 22. The van der Waals surface area contributed by atoms with E-state index in [1.54, 1.807) is 12.2 Å². The SMILES string of the molecule is CCCCCCC/C=C/C=C/C=C/[C@@H](O)C(CO[C@@H]1O[C@H](CO)[C@@H](O)[C@H](O)[C@H]1O)NC(=O)[C@H](O)CCCCCCCCCCCCCCCCCCCC. The van der Waals surface area contributed by atoms with E-state index in [-0.39, 0.29) is 6.61 Å². The molecule has 1 aliphatic heterocycles. The zero-order valence-corrected chi connectivity index (χ0v) is 34.1. The zero-order chi connectivity index (χ0) is 39.7. The average Bonchev–Trinajstić information content (AvgIpc) is 3.17. The van der Waals surface area contributed by atoms with Gasteiger partial charge in [0, 0.05) is 0 Å². The first-order valence-corrected chi connectivity index (χ1v) is 21.8. The monoisotopic (exact) mass is 768 g/mol. The van der Waals surface area contributed by atoms with Crippen LogP contribution in [0, 0.1) is 0 Å². The van der Waals surface area contributed by atoms with Gasteiger partial charge in [-0.05, 0) is 19.3 Å². The van der Waals surface area contributed by atoms with Crippen molar-refractivity contribution in [3.8, 4) is 0 Å². The molecule has 8 atom stereocenters. The largest absolute Gasteiger partial charge is 0.394 e. The molecule has 0 bridgehead atoms. The topological polar surface area (TPSA) is 169 Å². The van der Waals surface area contributed by atoms with Crippen molar-refractivity contribution in [1.82, 2.24) is 5.32 Å². The van der Waals surface area contributed by atoms with Gasteiger partial charge in [-0.15, -0.1) is 0 Å². The summed E-state index contributed by atoms with van der Waals surface area (Å²) in [4.78, 5) is 13.0. The second kappa shape index (κ2) is 34.6. The molecule has 1 unspecified atom stereocenters. The molecule has 316 valence electrons. The number of allylic oxidation sites excluding steroid dienone is 5. The lowest BCUT2D eigenvalue weighted by atomic mass is 9.99. The number of aliphatic hydroxyl groups is 6. The number of rotatable bonds is 35. The van der Waals surface area contributed by atoms with Crippen LogP contribution < -0.4 is 5.32 Å². The van der Waals surface area contributed by atoms with E-state index in [0.717, 1.165) is 32.1 Å². The lowest BCUT2D eigenvalue weighted by molar-refractivity contribution is -0.302. The predicted molar refractivity (Wildman–Crippen MR) is 218 cm³/mol. The Hall–Kier alpha value is -1.63. The normalized spacial score (nSPS) is 22.4. The van der Waals surface area contributed by atoms with E-state index in [2.05, 4.69) is 25.2 Å². The Balaban J connectivity index is 2.44. The zero-order valence-electron chi connectivity index (χ0n) is 34.1. The first kappa shape index (κ1) is 50.4. The van der Waals surface area contributed by atoms with Gasteiger partial charge in [0.1, 0.15) is 30.5 Å². The number of ether oxygens (including phenoxy) is 2. The summed E-state index contributed by atoms with van der Waals surface area (Å²) >= 11 is 0. The van der Waals surface area contributed by atoms with Crippen molar-refractivity contribution >= 4 is 5.91 Å². The van der Waals surface area contributed by atoms with Crippen molar-refractivity contribution in [2.24, 2.45) is 0 Å². The Morgan fingerprint density at radius 1 is 0.648 bits per heavy atom. The predicted octanol–water partition coefficient (Wildman–Crippen LogP) is 7.47. The van der Waals surface area contributed by atoms with Crippen LogP contribution in [0.4, 0.5) is 0 Å². The van der Waals surface area contributed by atoms with Crippen molar-refractivity contribution in [3.63, 3.8) is 0 Å². The molecule has 1 heterocycles. The van der Waals surface area contributed by atoms with Crippen LogP contribution in [-0.2, 0) is 14.3 Å². The van der Waals surface area contributed by atoms with Crippen molar-refractivity contribution in [3.05, 3.63) is 36.5 Å². The fourth-order valence-electron chi connectivity index (χ4n) is 6.76. The maximum Gasteiger partial charge on any atom is 0.249 e. The standard InChI is InChI=1S/C44H81NO9/c1-3-5-7-9-11-13-15-16-17-18-19-20-21-23-25-27-29-31-33-38(48)43(52)45-36(35-53-44-42(51)41(50)40(49)39(34-46)54-44)37(47)32-30-28-26-24-22-14-12-10-8-6-4-2/h22,24,26,28,30,32,36-42,44,46-51H,3-21,23,25,27,29,31,33-35H2,1-2H3,(H,45,52)/b24-22+,28-26+,32-30+/t36?,37-,38-,39-,40-,41+,42-,44-/m1/s1. The summed E-state index contributed by atoms with van der Waals surface area (Å²) in [5, 5.41) is 64.3. The third-order valence-corrected chi connectivity index (χ3v) is 10.4. The van der Waals surface area contributed by atoms with Gasteiger partial charge in [0.2, 0.25) is 5.91 Å². The van der Waals surface area contributed by atoms with Crippen LogP contribution in [0.1, 0.15) is 174 Å². The summed E-state index contributed by atoms with van der Waals surface area (Å²) in [5.41, 5.74) is 0. The Labute approximate surface area is 328 Å². The molecule has 54 heavy (non-hydrogen) atoms. The molecule has 0 aromatic rings. The maximum atomic E-state index is 13.0. The third kappa shape index (κ3) is 24.8. The fraction of sp³-hybridized carbons (Fsp3) is 0.841. The molecule has 1 aliphatic rings. The lowest BCUT2D eigenvalue weighted by Gasteiger charge is -2.40. The molecule has 1 saturated heterocycles. The molecule has 0 radical (unpaired) electrons. The highest BCUT2D eigenvalue weighted by Gasteiger charge is 2.44. The number of nitrogens with one attached hydrogen (secondary N) is 1. The molecule has 0 saturated carbocycles. The number of aliphatic hydroxyl groups excluding tert-OH is 6. The van der Waals surface area contributed by atoms with Crippen LogP contribution in [0.2, 0.25) is 0 Å². The van der Waals surface area contributed by atoms with Crippen LogP contribution in [-0.4, -0.2) is 98.7 Å². The average molecular weight is 768 g/mol.